The number of amides is 1. The predicted molar refractivity (Wildman–Crippen MR) is 135 cm³/mol. The van der Waals surface area contributed by atoms with Gasteiger partial charge in [-0.15, -0.1) is 11.3 Å². The zero-order valence-electron chi connectivity index (χ0n) is 18.8. The number of thiazole rings is 1. The van der Waals surface area contributed by atoms with Crippen molar-refractivity contribution in [3.05, 3.63) is 64.8 Å². The van der Waals surface area contributed by atoms with Crippen LogP contribution in [-0.2, 0) is 15.6 Å². The van der Waals surface area contributed by atoms with Gasteiger partial charge < -0.3 is 10.4 Å². The van der Waals surface area contributed by atoms with E-state index in [1.54, 1.807) is 47.4 Å². The molecule has 186 valence electrons. The summed E-state index contributed by atoms with van der Waals surface area (Å²) in [5.41, 5.74) is 1.53. The van der Waals surface area contributed by atoms with Crippen LogP contribution in [0.15, 0.2) is 49.1 Å². The van der Waals surface area contributed by atoms with Crippen LogP contribution < -0.4 is 10.0 Å². The number of carbonyl (C=O) groups is 1. The van der Waals surface area contributed by atoms with E-state index in [4.69, 9.17) is 11.6 Å². The van der Waals surface area contributed by atoms with Crippen LogP contribution in [0.1, 0.15) is 41.2 Å². The minimum absolute atomic E-state index is 0.248. The van der Waals surface area contributed by atoms with Crippen LogP contribution in [0, 0.1) is 0 Å². The lowest BCUT2D eigenvalue weighted by Gasteiger charge is -2.45. The van der Waals surface area contributed by atoms with E-state index in [2.05, 4.69) is 25.1 Å². The number of rotatable bonds is 7. The third-order valence-electron chi connectivity index (χ3n) is 6.44. The maximum absolute atomic E-state index is 13.2. The van der Waals surface area contributed by atoms with Gasteiger partial charge in [0, 0.05) is 42.0 Å². The van der Waals surface area contributed by atoms with E-state index in [9.17, 15) is 18.3 Å². The second-order valence-corrected chi connectivity index (χ2v) is 12.6. The van der Waals surface area contributed by atoms with Gasteiger partial charge in [-0.3, -0.25) is 14.5 Å². The van der Waals surface area contributed by atoms with Crippen molar-refractivity contribution in [2.75, 3.05) is 4.72 Å². The lowest BCUT2D eigenvalue weighted by molar-refractivity contribution is -0.00109. The van der Waals surface area contributed by atoms with Crippen molar-refractivity contribution in [1.29, 1.82) is 0 Å². The first-order valence-corrected chi connectivity index (χ1v) is 14.0. The first kappa shape index (κ1) is 23.3. The molecule has 0 aliphatic heterocycles. The Morgan fingerprint density at radius 1 is 1.19 bits per heavy atom. The Morgan fingerprint density at radius 2 is 2.00 bits per heavy atom. The summed E-state index contributed by atoms with van der Waals surface area (Å²) in [7, 11) is -3.44. The molecule has 6 rings (SSSR count). The summed E-state index contributed by atoms with van der Waals surface area (Å²) >= 11 is 7.36. The molecular weight excluding hydrogens is 524 g/mol. The maximum atomic E-state index is 13.2. The molecule has 4 heterocycles. The first-order valence-electron chi connectivity index (χ1n) is 11.3. The summed E-state index contributed by atoms with van der Waals surface area (Å²) in [4.78, 5) is 22.7. The molecule has 0 atom stereocenters. The molecular formula is C23H21ClN6O4S2. The molecule has 13 heteroatoms. The number of anilines is 1. The maximum Gasteiger partial charge on any atom is 0.281 e. The van der Waals surface area contributed by atoms with Gasteiger partial charge in [-0.1, -0.05) is 11.6 Å². The standard InChI is InChI=1S/C23H21ClN6O4S2/c24-13-4-6-30-18(7-13)17(11-27-30)19-12-26-22(35-19)21(32)28-23(9-15(31)10-23)20-8-14(3-5-25-20)29-36(33,34)16-1-2-16/h3-8,11-12,15-16,31H,1-2,9-10H2,(H,25,29)(H,28,32)/t15-,23+. The molecule has 0 saturated heterocycles. The van der Waals surface area contributed by atoms with Gasteiger partial charge in [-0.2, -0.15) is 5.10 Å². The SMILES string of the molecule is O=C(N[C@]1(c2cc(NS(=O)(=O)C3CC3)ccn2)C[C@H](O)C1)c1ncc(-c2cnn3ccc(Cl)cc23)s1. The molecule has 36 heavy (non-hydrogen) atoms. The highest BCUT2D eigenvalue weighted by Gasteiger charge is 2.48. The monoisotopic (exact) mass is 544 g/mol. The molecule has 4 aromatic rings. The summed E-state index contributed by atoms with van der Waals surface area (Å²) in [5, 5.41) is 17.9. The minimum Gasteiger partial charge on any atom is -0.393 e. The minimum atomic E-state index is -3.44. The average Bonchev–Trinajstić information content (AvgIpc) is 3.44. The Morgan fingerprint density at radius 3 is 2.75 bits per heavy atom. The van der Waals surface area contributed by atoms with E-state index >= 15 is 0 Å². The fraction of sp³-hybridized carbons (Fsp3) is 0.304. The van der Waals surface area contributed by atoms with Gasteiger partial charge in [0.15, 0.2) is 5.01 Å². The van der Waals surface area contributed by atoms with E-state index in [0.717, 1.165) is 16.0 Å². The van der Waals surface area contributed by atoms with E-state index in [-0.39, 0.29) is 23.1 Å². The number of aromatic nitrogens is 4. The Balaban J connectivity index is 1.25. The summed E-state index contributed by atoms with van der Waals surface area (Å²) in [6.45, 7) is 0. The van der Waals surface area contributed by atoms with Crippen LogP contribution >= 0.6 is 22.9 Å². The normalized spacial score (nSPS) is 21.8. The predicted octanol–water partition coefficient (Wildman–Crippen LogP) is 3.19. The van der Waals surface area contributed by atoms with Gasteiger partial charge >= 0.3 is 0 Å². The highest BCUT2D eigenvalue weighted by Crippen LogP contribution is 2.42. The topological polar surface area (TPSA) is 139 Å². The van der Waals surface area contributed by atoms with Crippen molar-refractivity contribution in [3.8, 4) is 10.4 Å². The molecule has 3 N–H and O–H groups in total. The molecule has 0 unspecified atom stereocenters. The summed E-state index contributed by atoms with van der Waals surface area (Å²) in [6.07, 6.45) is 7.78. The third-order valence-corrected chi connectivity index (χ3v) is 9.58. The summed E-state index contributed by atoms with van der Waals surface area (Å²) in [6, 6.07) is 6.72. The van der Waals surface area contributed by atoms with Crippen LogP contribution in [0.5, 0.6) is 0 Å². The van der Waals surface area contributed by atoms with Crippen LogP contribution in [0.2, 0.25) is 5.02 Å². The fourth-order valence-corrected chi connectivity index (χ4v) is 6.79. The number of aliphatic hydroxyl groups excluding tert-OH is 1. The highest BCUT2D eigenvalue weighted by molar-refractivity contribution is 7.93. The molecule has 4 aromatic heterocycles. The number of halogens is 1. The molecule has 2 fully saturated rings. The number of carbonyl (C=O) groups excluding carboxylic acids is 1. The smallest absolute Gasteiger partial charge is 0.281 e. The number of sulfonamides is 1. The summed E-state index contributed by atoms with van der Waals surface area (Å²) < 4.78 is 29.0. The van der Waals surface area contributed by atoms with Crippen LogP contribution in [0.3, 0.4) is 0 Å². The number of aliphatic hydroxyl groups is 1. The van der Waals surface area contributed by atoms with Gasteiger partial charge in [0.05, 0.1) is 44.9 Å². The van der Waals surface area contributed by atoms with Crippen LogP contribution in [0.4, 0.5) is 5.69 Å². The molecule has 0 radical (unpaired) electrons. The number of fused-ring (bicyclic) bond motifs is 1. The average molecular weight is 545 g/mol. The van der Waals surface area contributed by atoms with Crippen molar-refractivity contribution in [3.63, 3.8) is 0 Å². The van der Waals surface area contributed by atoms with Gasteiger partial charge in [-0.25, -0.2) is 17.9 Å². The number of pyridine rings is 2. The molecule has 0 spiro atoms. The number of nitrogens with zero attached hydrogens (tertiary/aromatic N) is 4. The Bertz CT molecular complexity index is 1590. The quantitative estimate of drug-likeness (QED) is 0.325. The lowest BCUT2D eigenvalue weighted by Crippen LogP contribution is -2.57. The zero-order valence-corrected chi connectivity index (χ0v) is 21.1. The van der Waals surface area contributed by atoms with Crippen molar-refractivity contribution in [2.45, 2.75) is 42.6 Å². The first-order chi connectivity index (χ1) is 17.2. The molecule has 1 amide bonds. The number of hydrogen-bond donors (Lipinski definition) is 3. The van der Waals surface area contributed by atoms with E-state index in [1.807, 2.05) is 0 Å². The van der Waals surface area contributed by atoms with Crippen molar-refractivity contribution >= 4 is 50.1 Å². The van der Waals surface area contributed by atoms with Crippen molar-refractivity contribution in [1.82, 2.24) is 24.9 Å². The van der Waals surface area contributed by atoms with E-state index in [1.165, 1.54) is 17.5 Å². The lowest BCUT2D eigenvalue weighted by atomic mass is 9.71. The highest BCUT2D eigenvalue weighted by atomic mass is 35.5. The molecule has 0 bridgehead atoms. The Hall–Kier alpha value is -3.06. The second-order valence-electron chi connectivity index (χ2n) is 9.14. The largest absolute Gasteiger partial charge is 0.393 e. The van der Waals surface area contributed by atoms with Gasteiger partial charge in [-0.05, 0) is 37.1 Å². The number of nitrogens with one attached hydrogen (secondary N) is 2. The number of hydrogen-bond acceptors (Lipinski definition) is 8. The fourth-order valence-electron chi connectivity index (χ4n) is 4.42. The molecule has 2 aliphatic rings. The van der Waals surface area contributed by atoms with Crippen molar-refractivity contribution in [2.24, 2.45) is 0 Å². The molecule has 2 saturated carbocycles. The van der Waals surface area contributed by atoms with Gasteiger partial charge in [0.25, 0.3) is 5.91 Å². The van der Waals surface area contributed by atoms with E-state index in [0.29, 0.717) is 29.2 Å². The zero-order chi connectivity index (χ0) is 25.1. The second kappa shape index (κ2) is 8.51. The van der Waals surface area contributed by atoms with Crippen LogP contribution in [0.25, 0.3) is 16.0 Å². The Kier molecular flexibility index (Phi) is 5.52. The van der Waals surface area contributed by atoms with E-state index < -0.39 is 27.6 Å². The summed E-state index contributed by atoms with van der Waals surface area (Å²) in [5.74, 6) is -0.404. The molecule has 10 nitrogen and oxygen atoms in total. The van der Waals surface area contributed by atoms with Gasteiger partial charge in [0.2, 0.25) is 10.0 Å². The van der Waals surface area contributed by atoms with Gasteiger partial charge in [0.1, 0.15) is 0 Å². The third kappa shape index (κ3) is 4.23. The molecule has 0 aromatic carbocycles. The molecule has 2 aliphatic carbocycles. The van der Waals surface area contributed by atoms with Crippen molar-refractivity contribution < 1.29 is 18.3 Å². The Labute approximate surface area is 215 Å². The van der Waals surface area contributed by atoms with Crippen LogP contribution in [-0.4, -0.2) is 50.4 Å².